The minimum Gasteiger partial charge on any atom is -0.368 e. The molecule has 2 aliphatic rings. The number of aryl methyl sites for hydroxylation is 1. The second-order valence-corrected chi connectivity index (χ2v) is 5.70. The van der Waals surface area contributed by atoms with Crippen molar-refractivity contribution >= 4 is 5.69 Å². The lowest BCUT2D eigenvalue weighted by molar-refractivity contribution is 0.622. The third kappa shape index (κ3) is 2.14. The summed E-state index contributed by atoms with van der Waals surface area (Å²) in [4.78, 5) is 2.70. The molecule has 0 unspecified atom stereocenters. The zero-order valence-electron chi connectivity index (χ0n) is 11.2. The molecule has 0 bridgehead atoms. The van der Waals surface area contributed by atoms with Gasteiger partial charge in [-0.1, -0.05) is 31.0 Å². The van der Waals surface area contributed by atoms with Crippen LogP contribution in [0, 0.1) is 0 Å². The fourth-order valence-electron chi connectivity index (χ4n) is 3.64. The summed E-state index contributed by atoms with van der Waals surface area (Å²) < 4.78 is 0. The molecule has 2 heteroatoms. The first-order valence-corrected chi connectivity index (χ1v) is 7.47. The van der Waals surface area contributed by atoms with Crippen LogP contribution in [0.15, 0.2) is 18.2 Å². The van der Waals surface area contributed by atoms with Crippen LogP contribution >= 0.6 is 0 Å². The van der Waals surface area contributed by atoms with Crippen LogP contribution in [0.5, 0.6) is 0 Å². The van der Waals surface area contributed by atoms with E-state index in [1.807, 2.05) is 0 Å². The summed E-state index contributed by atoms with van der Waals surface area (Å²) in [5.41, 5.74) is 10.3. The molecule has 2 nitrogen and oxygen atoms in total. The van der Waals surface area contributed by atoms with Crippen molar-refractivity contribution in [1.29, 1.82) is 0 Å². The summed E-state index contributed by atoms with van der Waals surface area (Å²) in [5.74, 6) is 0. The van der Waals surface area contributed by atoms with Gasteiger partial charge in [0, 0.05) is 18.3 Å². The number of benzene rings is 1. The van der Waals surface area contributed by atoms with Gasteiger partial charge in [0.1, 0.15) is 0 Å². The van der Waals surface area contributed by atoms with E-state index in [0.717, 1.165) is 25.4 Å². The number of fused-ring (bicyclic) bond motifs is 1. The highest BCUT2D eigenvalue weighted by molar-refractivity contribution is 5.64. The van der Waals surface area contributed by atoms with Gasteiger partial charge in [0.05, 0.1) is 0 Å². The van der Waals surface area contributed by atoms with E-state index >= 15 is 0 Å². The van der Waals surface area contributed by atoms with Gasteiger partial charge in [-0.05, 0) is 49.8 Å². The van der Waals surface area contributed by atoms with Gasteiger partial charge in [0.15, 0.2) is 0 Å². The quantitative estimate of drug-likeness (QED) is 0.882. The first kappa shape index (κ1) is 12.0. The molecule has 1 aliphatic carbocycles. The topological polar surface area (TPSA) is 29.3 Å². The van der Waals surface area contributed by atoms with Crippen molar-refractivity contribution < 1.29 is 0 Å². The highest BCUT2D eigenvalue weighted by Crippen LogP contribution is 2.37. The Morgan fingerprint density at radius 3 is 2.83 bits per heavy atom. The lowest BCUT2D eigenvalue weighted by Crippen LogP contribution is -2.32. The third-order valence-corrected chi connectivity index (χ3v) is 4.53. The van der Waals surface area contributed by atoms with Crippen LogP contribution in [0.3, 0.4) is 0 Å². The predicted molar refractivity (Wildman–Crippen MR) is 77.1 cm³/mol. The fraction of sp³-hybridized carbons (Fsp3) is 0.625. The molecule has 18 heavy (non-hydrogen) atoms. The van der Waals surface area contributed by atoms with Crippen LogP contribution in [-0.2, 0) is 12.8 Å². The number of nitrogens with zero attached hydrogens (tertiary/aromatic N) is 1. The standard InChI is InChI=1S/C16H24N2/c17-11-4-7-13-5-3-6-14-10-12-18(16(13)14)15-8-1-2-9-15/h3,5-6,15H,1-2,4,7-12,17H2. The molecule has 1 saturated carbocycles. The number of hydrogen-bond donors (Lipinski definition) is 1. The summed E-state index contributed by atoms with van der Waals surface area (Å²) in [6.45, 7) is 2.03. The predicted octanol–water partition coefficient (Wildman–Crippen LogP) is 2.88. The Morgan fingerprint density at radius 2 is 2.06 bits per heavy atom. The summed E-state index contributed by atoms with van der Waals surface area (Å²) in [6.07, 6.45) is 9.11. The molecule has 1 aliphatic heterocycles. The zero-order chi connectivity index (χ0) is 12.4. The van der Waals surface area contributed by atoms with E-state index < -0.39 is 0 Å². The lowest BCUT2D eigenvalue weighted by Gasteiger charge is -2.28. The summed E-state index contributed by atoms with van der Waals surface area (Å²) in [5, 5.41) is 0. The molecule has 0 amide bonds. The first-order chi connectivity index (χ1) is 8.90. The number of hydrogen-bond acceptors (Lipinski definition) is 2. The molecule has 0 aromatic heterocycles. The Labute approximate surface area is 110 Å². The van der Waals surface area contributed by atoms with Gasteiger partial charge in [0.2, 0.25) is 0 Å². The molecule has 0 spiro atoms. The molecule has 0 atom stereocenters. The van der Waals surface area contributed by atoms with Gasteiger partial charge in [-0.2, -0.15) is 0 Å². The van der Waals surface area contributed by atoms with Crippen LogP contribution in [-0.4, -0.2) is 19.1 Å². The minimum absolute atomic E-state index is 0.799. The van der Waals surface area contributed by atoms with E-state index in [4.69, 9.17) is 5.73 Å². The van der Waals surface area contributed by atoms with Crippen molar-refractivity contribution in [2.45, 2.75) is 51.0 Å². The van der Waals surface area contributed by atoms with Gasteiger partial charge < -0.3 is 10.6 Å². The molecule has 3 rings (SSSR count). The summed E-state index contributed by atoms with van der Waals surface area (Å²) in [6, 6.07) is 7.66. The van der Waals surface area contributed by atoms with Gasteiger partial charge in [-0.15, -0.1) is 0 Å². The van der Waals surface area contributed by atoms with Gasteiger partial charge in [-0.25, -0.2) is 0 Å². The molecule has 1 fully saturated rings. The van der Waals surface area contributed by atoms with E-state index in [1.165, 1.54) is 44.2 Å². The molecule has 0 saturated heterocycles. The Hall–Kier alpha value is -1.02. The Bertz CT molecular complexity index is 408. The largest absolute Gasteiger partial charge is 0.368 e. The van der Waals surface area contributed by atoms with Crippen LogP contribution in [0.1, 0.15) is 43.2 Å². The smallest absolute Gasteiger partial charge is 0.0434 e. The maximum Gasteiger partial charge on any atom is 0.0434 e. The lowest BCUT2D eigenvalue weighted by atomic mass is 10.0. The maximum absolute atomic E-state index is 5.66. The Balaban J connectivity index is 1.87. The van der Waals surface area contributed by atoms with Crippen molar-refractivity contribution in [3.8, 4) is 0 Å². The first-order valence-electron chi connectivity index (χ1n) is 7.47. The zero-order valence-corrected chi connectivity index (χ0v) is 11.2. The second kappa shape index (κ2) is 5.31. The van der Waals surface area contributed by atoms with Crippen molar-refractivity contribution in [1.82, 2.24) is 0 Å². The van der Waals surface area contributed by atoms with Crippen molar-refractivity contribution in [3.63, 3.8) is 0 Å². The average molecular weight is 244 g/mol. The van der Waals surface area contributed by atoms with Gasteiger partial charge in [0.25, 0.3) is 0 Å². The van der Waals surface area contributed by atoms with E-state index in [9.17, 15) is 0 Å². The van der Waals surface area contributed by atoms with Crippen molar-refractivity contribution in [2.75, 3.05) is 18.0 Å². The SMILES string of the molecule is NCCCc1cccc2c1N(C1CCCC1)CC2. The molecular weight excluding hydrogens is 220 g/mol. The minimum atomic E-state index is 0.799. The fourth-order valence-corrected chi connectivity index (χ4v) is 3.64. The molecule has 1 aromatic carbocycles. The Kier molecular flexibility index (Phi) is 3.55. The van der Waals surface area contributed by atoms with Crippen LogP contribution in [0.2, 0.25) is 0 Å². The van der Waals surface area contributed by atoms with Crippen molar-refractivity contribution in [3.05, 3.63) is 29.3 Å². The highest BCUT2D eigenvalue weighted by atomic mass is 15.2. The highest BCUT2D eigenvalue weighted by Gasteiger charge is 2.29. The van der Waals surface area contributed by atoms with Gasteiger partial charge >= 0.3 is 0 Å². The maximum atomic E-state index is 5.66. The number of anilines is 1. The average Bonchev–Trinajstić information content (AvgIpc) is 3.04. The number of para-hydroxylation sites is 1. The second-order valence-electron chi connectivity index (χ2n) is 5.70. The normalized spacial score (nSPS) is 19.5. The number of rotatable bonds is 4. The molecule has 1 aromatic rings. The van der Waals surface area contributed by atoms with E-state index in [1.54, 1.807) is 11.3 Å². The monoisotopic (exact) mass is 244 g/mol. The summed E-state index contributed by atoms with van der Waals surface area (Å²) >= 11 is 0. The van der Waals surface area contributed by atoms with Crippen LogP contribution < -0.4 is 10.6 Å². The Morgan fingerprint density at radius 1 is 1.22 bits per heavy atom. The van der Waals surface area contributed by atoms with Crippen LogP contribution in [0.4, 0.5) is 5.69 Å². The molecule has 1 heterocycles. The van der Waals surface area contributed by atoms with Crippen molar-refractivity contribution in [2.24, 2.45) is 5.73 Å². The number of nitrogens with two attached hydrogens (primary N) is 1. The summed E-state index contributed by atoms with van der Waals surface area (Å²) in [7, 11) is 0. The molecule has 2 N–H and O–H groups in total. The van der Waals surface area contributed by atoms with Gasteiger partial charge in [-0.3, -0.25) is 0 Å². The third-order valence-electron chi connectivity index (χ3n) is 4.53. The molecular formula is C16H24N2. The molecule has 98 valence electrons. The molecule has 0 radical (unpaired) electrons. The van der Waals surface area contributed by atoms with E-state index in [0.29, 0.717) is 0 Å². The van der Waals surface area contributed by atoms with Crippen LogP contribution in [0.25, 0.3) is 0 Å². The van der Waals surface area contributed by atoms with E-state index in [-0.39, 0.29) is 0 Å². The van der Waals surface area contributed by atoms with E-state index in [2.05, 4.69) is 23.1 Å².